The Balaban J connectivity index is 0.00000729. The van der Waals surface area contributed by atoms with Crippen LogP contribution in [0.3, 0.4) is 0 Å². The zero-order valence-electron chi connectivity index (χ0n) is 16.1. The van der Waals surface area contributed by atoms with E-state index in [1.54, 1.807) is 18.0 Å². The van der Waals surface area contributed by atoms with Gasteiger partial charge >= 0.3 is 6.18 Å². The predicted molar refractivity (Wildman–Crippen MR) is 110 cm³/mol. The van der Waals surface area contributed by atoms with Crippen LogP contribution in [-0.4, -0.2) is 68.7 Å². The second-order valence-electron chi connectivity index (χ2n) is 5.86. The van der Waals surface area contributed by atoms with Crippen LogP contribution in [0.15, 0.2) is 23.2 Å². The van der Waals surface area contributed by atoms with Gasteiger partial charge in [-0.3, -0.25) is 4.79 Å². The fourth-order valence-corrected chi connectivity index (χ4v) is 2.25. The minimum absolute atomic E-state index is 0. The highest BCUT2D eigenvalue weighted by Crippen LogP contribution is 2.18. The summed E-state index contributed by atoms with van der Waals surface area (Å²) < 4.78 is 55.7. The Morgan fingerprint density at radius 2 is 1.89 bits per heavy atom. The van der Waals surface area contributed by atoms with Gasteiger partial charge in [0, 0.05) is 27.2 Å². The number of nitrogens with zero attached hydrogens (tertiary/aromatic N) is 3. The monoisotopic (exact) mass is 520 g/mol. The van der Waals surface area contributed by atoms with Gasteiger partial charge in [0.2, 0.25) is 5.91 Å². The summed E-state index contributed by atoms with van der Waals surface area (Å²) >= 11 is 0. The molecule has 0 radical (unpaired) electrons. The zero-order chi connectivity index (χ0) is 20.6. The van der Waals surface area contributed by atoms with E-state index < -0.39 is 31.0 Å². The maximum absolute atomic E-state index is 13.8. The molecule has 28 heavy (non-hydrogen) atoms. The Morgan fingerprint density at radius 1 is 1.25 bits per heavy atom. The Kier molecular flexibility index (Phi) is 11.2. The van der Waals surface area contributed by atoms with E-state index in [4.69, 9.17) is 4.74 Å². The molecule has 1 N–H and O–H groups in total. The lowest BCUT2D eigenvalue weighted by molar-refractivity contribution is -0.157. The van der Waals surface area contributed by atoms with Gasteiger partial charge in [0.05, 0.1) is 7.11 Å². The SMILES string of the molecule is CCNC(=NCC(=O)N(C)CC(F)(F)F)N(C)Cc1ccc(OC)c(F)c1.I. The number of benzene rings is 1. The number of hydrogen-bond acceptors (Lipinski definition) is 3. The molecular formula is C17H25F4IN4O2. The smallest absolute Gasteiger partial charge is 0.406 e. The molecule has 0 aromatic heterocycles. The second kappa shape index (κ2) is 11.9. The summed E-state index contributed by atoms with van der Waals surface area (Å²) in [6.45, 7) is 0.815. The van der Waals surface area contributed by atoms with Crippen LogP contribution in [0.4, 0.5) is 17.6 Å². The molecule has 0 atom stereocenters. The maximum Gasteiger partial charge on any atom is 0.406 e. The van der Waals surface area contributed by atoms with Crippen LogP contribution in [-0.2, 0) is 11.3 Å². The van der Waals surface area contributed by atoms with Gasteiger partial charge in [0.15, 0.2) is 17.5 Å². The fraction of sp³-hybridized carbons (Fsp3) is 0.529. The molecule has 160 valence electrons. The Hall–Kier alpha value is -1.79. The van der Waals surface area contributed by atoms with E-state index in [0.717, 1.165) is 7.05 Å². The molecule has 0 aliphatic heterocycles. The number of nitrogens with one attached hydrogen (secondary N) is 1. The van der Waals surface area contributed by atoms with E-state index in [9.17, 15) is 22.4 Å². The number of aliphatic imine (C=N–C) groups is 1. The van der Waals surface area contributed by atoms with Gasteiger partial charge in [-0.1, -0.05) is 6.07 Å². The number of carbonyl (C=O) groups excluding carboxylic acids is 1. The molecule has 0 saturated heterocycles. The van der Waals surface area contributed by atoms with Gasteiger partial charge in [-0.05, 0) is 24.6 Å². The van der Waals surface area contributed by atoms with Crippen molar-refractivity contribution in [3.8, 4) is 5.75 Å². The van der Waals surface area contributed by atoms with Crippen molar-refractivity contribution < 1.29 is 27.1 Å². The molecule has 0 unspecified atom stereocenters. The normalized spacial score (nSPS) is 11.5. The van der Waals surface area contributed by atoms with Crippen LogP contribution < -0.4 is 10.1 Å². The molecule has 0 aliphatic rings. The average Bonchev–Trinajstić information content (AvgIpc) is 2.56. The summed E-state index contributed by atoms with van der Waals surface area (Å²) in [5.74, 6) is -0.816. The lowest BCUT2D eigenvalue weighted by atomic mass is 10.2. The number of methoxy groups -OCH3 is 1. The highest BCUT2D eigenvalue weighted by atomic mass is 127. The van der Waals surface area contributed by atoms with Crippen molar-refractivity contribution in [1.29, 1.82) is 0 Å². The Morgan fingerprint density at radius 3 is 2.39 bits per heavy atom. The summed E-state index contributed by atoms with van der Waals surface area (Å²) in [6.07, 6.45) is -4.46. The van der Waals surface area contributed by atoms with E-state index >= 15 is 0 Å². The molecule has 0 aliphatic carbocycles. The molecule has 1 aromatic carbocycles. The minimum atomic E-state index is -4.46. The lowest BCUT2D eigenvalue weighted by Gasteiger charge is -2.23. The number of guanidine groups is 1. The molecule has 0 heterocycles. The summed E-state index contributed by atoms with van der Waals surface area (Å²) in [5, 5.41) is 2.95. The van der Waals surface area contributed by atoms with Crippen molar-refractivity contribution >= 4 is 35.8 Å². The van der Waals surface area contributed by atoms with Crippen molar-refractivity contribution in [2.24, 2.45) is 4.99 Å². The highest BCUT2D eigenvalue weighted by Gasteiger charge is 2.31. The highest BCUT2D eigenvalue weighted by molar-refractivity contribution is 14.0. The number of likely N-dealkylation sites (N-methyl/N-ethyl adjacent to an activating group) is 1. The maximum atomic E-state index is 13.8. The first-order chi connectivity index (χ1) is 12.6. The van der Waals surface area contributed by atoms with E-state index in [-0.39, 0.29) is 36.3 Å². The van der Waals surface area contributed by atoms with Crippen molar-refractivity contribution in [3.63, 3.8) is 0 Å². The molecule has 0 bridgehead atoms. The average molecular weight is 520 g/mol. The first-order valence-electron chi connectivity index (χ1n) is 8.20. The van der Waals surface area contributed by atoms with Crippen LogP contribution in [0.5, 0.6) is 5.75 Å². The largest absolute Gasteiger partial charge is 0.494 e. The van der Waals surface area contributed by atoms with Crippen molar-refractivity contribution in [1.82, 2.24) is 15.1 Å². The first kappa shape index (κ1) is 26.2. The van der Waals surface area contributed by atoms with Gasteiger partial charge in [-0.15, -0.1) is 24.0 Å². The van der Waals surface area contributed by atoms with Gasteiger partial charge in [0.25, 0.3) is 0 Å². The third-order valence-corrected chi connectivity index (χ3v) is 3.54. The van der Waals surface area contributed by atoms with Gasteiger partial charge in [0.1, 0.15) is 13.1 Å². The van der Waals surface area contributed by atoms with E-state index in [1.807, 2.05) is 6.92 Å². The Bertz CT molecular complexity index is 671. The molecular weight excluding hydrogens is 495 g/mol. The molecule has 0 fully saturated rings. The molecule has 6 nitrogen and oxygen atoms in total. The molecule has 0 spiro atoms. The zero-order valence-corrected chi connectivity index (χ0v) is 18.5. The summed E-state index contributed by atoms with van der Waals surface area (Å²) in [7, 11) is 4.11. The molecule has 0 saturated carbocycles. The molecule has 1 amide bonds. The predicted octanol–water partition coefficient (Wildman–Crippen LogP) is 2.87. The van der Waals surface area contributed by atoms with Crippen molar-refractivity contribution in [3.05, 3.63) is 29.6 Å². The van der Waals surface area contributed by atoms with Gasteiger partial charge < -0.3 is 19.9 Å². The molecule has 1 aromatic rings. The number of rotatable bonds is 7. The summed E-state index contributed by atoms with van der Waals surface area (Å²) in [4.78, 5) is 18.1. The minimum Gasteiger partial charge on any atom is -0.494 e. The van der Waals surface area contributed by atoms with Crippen molar-refractivity contribution in [2.75, 3.05) is 40.8 Å². The van der Waals surface area contributed by atoms with Crippen molar-refractivity contribution in [2.45, 2.75) is 19.6 Å². The third kappa shape index (κ3) is 8.93. The van der Waals surface area contributed by atoms with Crippen LogP contribution in [0, 0.1) is 5.82 Å². The second-order valence-corrected chi connectivity index (χ2v) is 5.86. The van der Waals surface area contributed by atoms with E-state index in [1.165, 1.54) is 19.2 Å². The number of carbonyl (C=O) groups is 1. The number of halogens is 5. The number of hydrogen-bond donors (Lipinski definition) is 1. The molecule has 1 rings (SSSR count). The quantitative estimate of drug-likeness (QED) is 0.260. The van der Waals surface area contributed by atoms with E-state index in [0.29, 0.717) is 23.0 Å². The Labute approximate surface area is 178 Å². The third-order valence-electron chi connectivity index (χ3n) is 3.54. The van der Waals surface area contributed by atoms with Crippen LogP contribution in [0.25, 0.3) is 0 Å². The topological polar surface area (TPSA) is 57.2 Å². The number of amides is 1. The fourth-order valence-electron chi connectivity index (χ4n) is 2.25. The standard InChI is InChI=1S/C17H24F4N4O2.HI/c1-5-22-16(23-9-15(26)25(3)11-17(19,20)21)24(2)10-12-6-7-14(27-4)13(18)8-12;/h6-8H,5,9-11H2,1-4H3,(H,22,23);1H. The first-order valence-corrected chi connectivity index (χ1v) is 8.20. The van der Waals surface area contributed by atoms with E-state index in [2.05, 4.69) is 10.3 Å². The van der Waals surface area contributed by atoms with Gasteiger partial charge in [-0.25, -0.2) is 9.38 Å². The number of ether oxygens (including phenoxy) is 1. The van der Waals surface area contributed by atoms with Gasteiger partial charge in [-0.2, -0.15) is 13.2 Å². The molecule has 11 heteroatoms. The summed E-state index contributed by atoms with van der Waals surface area (Å²) in [6, 6.07) is 4.50. The van der Waals surface area contributed by atoms with Crippen LogP contribution >= 0.6 is 24.0 Å². The van der Waals surface area contributed by atoms with Crippen LogP contribution in [0.1, 0.15) is 12.5 Å². The lowest BCUT2D eigenvalue weighted by Crippen LogP contribution is -2.41. The summed E-state index contributed by atoms with van der Waals surface area (Å²) in [5.41, 5.74) is 0.641. The van der Waals surface area contributed by atoms with Crippen LogP contribution in [0.2, 0.25) is 0 Å². The number of alkyl halides is 3.